The fourth-order valence-corrected chi connectivity index (χ4v) is 1.43. The summed E-state index contributed by atoms with van der Waals surface area (Å²) in [4.78, 5) is 33.3. The third-order valence-electron chi connectivity index (χ3n) is 2.25. The van der Waals surface area contributed by atoms with Gasteiger partial charge in [0.1, 0.15) is 11.6 Å². The number of nitrogens with one attached hydrogen (secondary N) is 1. The number of ether oxygens (including phenoxy) is 1. The maximum Gasteiger partial charge on any atom is 0.306 e. The first-order chi connectivity index (χ1) is 9.38. The molecule has 1 amide bonds. The van der Waals surface area contributed by atoms with Crippen LogP contribution >= 0.6 is 11.6 Å². The molecule has 0 bridgehead atoms. The number of esters is 1. The van der Waals surface area contributed by atoms with Crippen molar-refractivity contribution < 1.29 is 23.5 Å². The number of hydrogen-bond acceptors (Lipinski definition) is 4. The quantitative estimate of drug-likeness (QED) is 0.819. The number of carbonyl (C=O) groups excluding carboxylic acids is 3. The van der Waals surface area contributed by atoms with Gasteiger partial charge in [0.2, 0.25) is 0 Å². The van der Waals surface area contributed by atoms with Gasteiger partial charge in [0, 0.05) is 11.4 Å². The molecular weight excluding hydrogens is 289 g/mol. The lowest BCUT2D eigenvalue weighted by Crippen LogP contribution is -2.21. The van der Waals surface area contributed by atoms with Crippen LogP contribution in [0.2, 0.25) is 5.02 Å². The van der Waals surface area contributed by atoms with Gasteiger partial charge in [0.25, 0.3) is 5.91 Å². The zero-order chi connectivity index (χ0) is 15.1. The van der Waals surface area contributed by atoms with E-state index in [1.807, 2.05) is 0 Å². The Morgan fingerprint density at radius 1 is 1.30 bits per heavy atom. The second kappa shape index (κ2) is 7.59. The number of carbonyl (C=O) groups is 3. The highest BCUT2D eigenvalue weighted by Gasteiger charge is 2.11. The number of Topliss-reactive ketones (excluding diaryl/α,β-unsaturated/α-hetero) is 1. The number of ketones is 1. The van der Waals surface area contributed by atoms with E-state index in [0.717, 1.165) is 6.07 Å². The third-order valence-corrected chi connectivity index (χ3v) is 2.49. The summed E-state index contributed by atoms with van der Waals surface area (Å²) in [5.74, 6) is -2.17. The zero-order valence-corrected chi connectivity index (χ0v) is 11.5. The Hall–Kier alpha value is -1.95. The smallest absolute Gasteiger partial charge is 0.306 e. The van der Waals surface area contributed by atoms with Crippen LogP contribution < -0.4 is 5.32 Å². The van der Waals surface area contributed by atoms with E-state index in [-0.39, 0.29) is 29.3 Å². The molecule has 0 unspecified atom stereocenters. The molecule has 0 aliphatic carbocycles. The maximum atomic E-state index is 13.4. The maximum absolute atomic E-state index is 13.4. The van der Waals surface area contributed by atoms with Crippen molar-refractivity contribution in [3.63, 3.8) is 0 Å². The molecule has 20 heavy (non-hydrogen) atoms. The summed E-state index contributed by atoms with van der Waals surface area (Å²) < 4.78 is 18.0. The van der Waals surface area contributed by atoms with E-state index in [1.165, 1.54) is 19.1 Å². The van der Waals surface area contributed by atoms with Gasteiger partial charge in [-0.1, -0.05) is 11.6 Å². The van der Waals surface area contributed by atoms with Crippen molar-refractivity contribution in [3.05, 3.63) is 29.0 Å². The van der Waals surface area contributed by atoms with E-state index in [9.17, 15) is 18.8 Å². The molecule has 5 nitrogen and oxygen atoms in total. The standard InChI is InChI=1S/C13H13ClFNO4/c1-8(17)2-5-13(19)20-7-12(18)16-11-4-3-9(14)6-10(11)15/h3-4,6H,2,5,7H2,1H3,(H,16,18). The number of anilines is 1. The fourth-order valence-electron chi connectivity index (χ4n) is 1.27. The van der Waals surface area contributed by atoms with Gasteiger partial charge in [-0.05, 0) is 25.1 Å². The highest BCUT2D eigenvalue weighted by Crippen LogP contribution is 2.18. The average Bonchev–Trinajstić information content (AvgIpc) is 2.37. The number of benzene rings is 1. The third kappa shape index (κ3) is 5.79. The van der Waals surface area contributed by atoms with Gasteiger partial charge >= 0.3 is 5.97 Å². The molecule has 1 rings (SSSR count). The second-order valence-electron chi connectivity index (χ2n) is 4.04. The number of amides is 1. The number of halogens is 2. The van der Waals surface area contributed by atoms with E-state index in [1.54, 1.807) is 0 Å². The van der Waals surface area contributed by atoms with Crippen molar-refractivity contribution >= 4 is 34.9 Å². The van der Waals surface area contributed by atoms with Crippen LogP contribution in [0.25, 0.3) is 0 Å². The lowest BCUT2D eigenvalue weighted by Gasteiger charge is -2.07. The van der Waals surface area contributed by atoms with Gasteiger partial charge in [0.05, 0.1) is 12.1 Å². The molecule has 1 aromatic carbocycles. The molecule has 0 heterocycles. The van der Waals surface area contributed by atoms with Crippen LogP contribution in [0.5, 0.6) is 0 Å². The normalized spacial score (nSPS) is 9.95. The van der Waals surface area contributed by atoms with E-state index in [0.29, 0.717) is 0 Å². The summed E-state index contributed by atoms with van der Waals surface area (Å²) in [5.41, 5.74) is -0.0563. The number of hydrogen-bond donors (Lipinski definition) is 1. The van der Waals surface area contributed by atoms with E-state index < -0.39 is 24.3 Å². The molecular formula is C13H13ClFNO4. The van der Waals surface area contributed by atoms with Crippen molar-refractivity contribution in [2.75, 3.05) is 11.9 Å². The number of rotatable bonds is 6. The molecule has 0 aliphatic rings. The van der Waals surface area contributed by atoms with Crippen molar-refractivity contribution in [3.8, 4) is 0 Å². The first kappa shape index (κ1) is 16.1. The van der Waals surface area contributed by atoms with E-state index in [4.69, 9.17) is 11.6 Å². The van der Waals surface area contributed by atoms with Crippen molar-refractivity contribution in [2.24, 2.45) is 0 Å². The molecule has 108 valence electrons. The van der Waals surface area contributed by atoms with Gasteiger partial charge in [-0.3, -0.25) is 9.59 Å². The van der Waals surface area contributed by atoms with Crippen molar-refractivity contribution in [1.29, 1.82) is 0 Å². The summed E-state index contributed by atoms with van der Waals surface area (Å²) in [7, 11) is 0. The Balaban J connectivity index is 2.40. The molecule has 1 aromatic rings. The summed E-state index contributed by atoms with van der Waals surface area (Å²) in [5, 5.41) is 2.45. The van der Waals surface area contributed by atoms with Gasteiger partial charge in [-0.2, -0.15) is 0 Å². The SMILES string of the molecule is CC(=O)CCC(=O)OCC(=O)Nc1ccc(Cl)cc1F. The molecule has 0 aliphatic heterocycles. The van der Waals surface area contributed by atoms with Gasteiger partial charge in [-0.15, -0.1) is 0 Å². The molecule has 0 spiro atoms. The summed E-state index contributed by atoms with van der Waals surface area (Å²) in [6, 6.07) is 3.77. The van der Waals surface area contributed by atoms with E-state index in [2.05, 4.69) is 10.1 Å². The average molecular weight is 302 g/mol. The van der Waals surface area contributed by atoms with Crippen molar-refractivity contribution in [1.82, 2.24) is 0 Å². The predicted octanol–water partition coefficient (Wildman–Crippen LogP) is 2.33. The first-order valence-corrected chi connectivity index (χ1v) is 6.16. The minimum Gasteiger partial charge on any atom is -0.456 e. The van der Waals surface area contributed by atoms with Crippen LogP contribution in [-0.2, 0) is 19.1 Å². The van der Waals surface area contributed by atoms with Crippen molar-refractivity contribution in [2.45, 2.75) is 19.8 Å². The predicted molar refractivity (Wildman–Crippen MR) is 70.9 cm³/mol. The highest BCUT2D eigenvalue weighted by atomic mass is 35.5. The lowest BCUT2D eigenvalue weighted by atomic mass is 10.2. The highest BCUT2D eigenvalue weighted by molar-refractivity contribution is 6.30. The summed E-state index contributed by atoms with van der Waals surface area (Å²) >= 11 is 5.57. The molecule has 0 saturated carbocycles. The Morgan fingerprint density at radius 2 is 2.00 bits per heavy atom. The van der Waals surface area contributed by atoms with E-state index >= 15 is 0 Å². The molecule has 0 aromatic heterocycles. The van der Waals surface area contributed by atoms with Crippen LogP contribution in [-0.4, -0.2) is 24.3 Å². The molecule has 0 atom stereocenters. The fraction of sp³-hybridized carbons (Fsp3) is 0.308. The van der Waals surface area contributed by atoms with Gasteiger partial charge < -0.3 is 14.8 Å². The van der Waals surface area contributed by atoms with Gasteiger partial charge in [-0.25, -0.2) is 4.39 Å². The second-order valence-corrected chi connectivity index (χ2v) is 4.47. The minimum atomic E-state index is -0.686. The zero-order valence-electron chi connectivity index (χ0n) is 10.7. The largest absolute Gasteiger partial charge is 0.456 e. The van der Waals surface area contributed by atoms with Crippen LogP contribution in [0.15, 0.2) is 18.2 Å². The lowest BCUT2D eigenvalue weighted by molar-refractivity contribution is -0.148. The van der Waals surface area contributed by atoms with Crippen LogP contribution in [0.4, 0.5) is 10.1 Å². The monoisotopic (exact) mass is 301 g/mol. The Kier molecular flexibility index (Phi) is 6.11. The summed E-state index contributed by atoms with van der Waals surface area (Å²) in [6.07, 6.45) is -0.0236. The topological polar surface area (TPSA) is 72.5 Å². The van der Waals surface area contributed by atoms with Gasteiger partial charge in [0.15, 0.2) is 6.61 Å². The Morgan fingerprint density at radius 3 is 2.60 bits per heavy atom. The van der Waals surface area contributed by atoms with Crippen LogP contribution in [0.1, 0.15) is 19.8 Å². The molecule has 7 heteroatoms. The van der Waals surface area contributed by atoms with Crippen LogP contribution in [0.3, 0.4) is 0 Å². The Labute approximate surface area is 120 Å². The minimum absolute atomic E-state index is 0.0563. The molecule has 0 fully saturated rings. The molecule has 0 radical (unpaired) electrons. The van der Waals surface area contributed by atoms with Crippen LogP contribution in [0, 0.1) is 5.82 Å². The first-order valence-electron chi connectivity index (χ1n) is 5.78. The summed E-state index contributed by atoms with van der Waals surface area (Å²) in [6.45, 7) is 0.808. The molecule has 0 saturated heterocycles. The Bertz CT molecular complexity index is 533. The molecule has 1 N–H and O–H groups in total.